The summed E-state index contributed by atoms with van der Waals surface area (Å²) in [4.78, 5) is 4.60. The van der Waals surface area contributed by atoms with Gasteiger partial charge in [-0.05, 0) is 49.5 Å². The van der Waals surface area contributed by atoms with E-state index in [1.807, 2.05) is 18.3 Å². The van der Waals surface area contributed by atoms with Crippen LogP contribution in [0.15, 0.2) is 30.5 Å². The molecule has 0 amide bonds. The van der Waals surface area contributed by atoms with Crippen LogP contribution < -0.4 is 4.74 Å². The number of likely N-dealkylation sites (tertiary alicyclic amines) is 1. The SMILES string of the molecule is CCCCN1CC(Oc2cc(F)c([C@@H]3c4ccc5[nH]ncc5c4CN(C)[C@H]3CC3CC3)c(F)c2)C1. The highest BCUT2D eigenvalue weighted by molar-refractivity contribution is 5.83. The molecule has 3 aliphatic rings. The Bertz CT molecular complexity index is 1190. The number of nitrogens with one attached hydrogen (secondary N) is 1. The molecule has 0 bridgehead atoms. The molecule has 0 spiro atoms. The second kappa shape index (κ2) is 9.17. The molecule has 1 aromatic heterocycles. The van der Waals surface area contributed by atoms with Gasteiger partial charge in [0.25, 0.3) is 0 Å². The minimum Gasteiger partial charge on any atom is -0.488 e. The monoisotopic (exact) mass is 480 g/mol. The van der Waals surface area contributed by atoms with Gasteiger partial charge in [0.2, 0.25) is 0 Å². The largest absolute Gasteiger partial charge is 0.488 e. The zero-order valence-electron chi connectivity index (χ0n) is 20.6. The second-order valence-electron chi connectivity index (χ2n) is 10.8. The summed E-state index contributed by atoms with van der Waals surface area (Å²) in [6.45, 7) is 5.61. The van der Waals surface area contributed by atoms with E-state index < -0.39 is 11.6 Å². The Morgan fingerprint density at radius 1 is 1.14 bits per heavy atom. The van der Waals surface area contributed by atoms with Crippen LogP contribution in [0, 0.1) is 17.6 Å². The number of benzene rings is 2. The normalized spacial score (nSPS) is 23.4. The molecule has 1 saturated carbocycles. The number of aromatic amines is 1. The third kappa shape index (κ3) is 4.33. The van der Waals surface area contributed by atoms with Crippen LogP contribution in [-0.4, -0.2) is 58.8 Å². The maximum atomic E-state index is 15.7. The summed E-state index contributed by atoms with van der Waals surface area (Å²) >= 11 is 0. The zero-order chi connectivity index (χ0) is 24.1. The molecular weight excluding hydrogens is 446 g/mol. The molecule has 2 fully saturated rings. The molecular formula is C28H34F2N4O. The lowest BCUT2D eigenvalue weighted by molar-refractivity contribution is 0.0189. The molecule has 1 N–H and O–H groups in total. The van der Waals surface area contributed by atoms with Gasteiger partial charge in [-0.1, -0.05) is 32.3 Å². The molecule has 3 aromatic rings. The fourth-order valence-corrected chi connectivity index (χ4v) is 6.03. The molecule has 2 atom stereocenters. The van der Waals surface area contributed by atoms with E-state index in [4.69, 9.17) is 4.74 Å². The quantitative estimate of drug-likeness (QED) is 0.466. The Hall–Kier alpha value is -2.51. The third-order valence-electron chi connectivity index (χ3n) is 8.16. The van der Waals surface area contributed by atoms with Crippen LogP contribution in [0.25, 0.3) is 10.9 Å². The molecule has 186 valence electrons. The maximum absolute atomic E-state index is 15.7. The highest BCUT2D eigenvalue weighted by Crippen LogP contribution is 2.47. The number of aromatic nitrogens is 2. The lowest BCUT2D eigenvalue weighted by Gasteiger charge is -2.42. The smallest absolute Gasteiger partial charge is 0.133 e. The Kier molecular flexibility index (Phi) is 6.01. The van der Waals surface area contributed by atoms with Crippen molar-refractivity contribution in [1.29, 1.82) is 0 Å². The average molecular weight is 481 g/mol. The number of likely N-dealkylation sites (N-methyl/N-ethyl adjacent to an activating group) is 1. The molecule has 0 unspecified atom stereocenters. The number of hydrogen-bond acceptors (Lipinski definition) is 4. The van der Waals surface area contributed by atoms with Gasteiger partial charge in [-0.3, -0.25) is 14.9 Å². The minimum atomic E-state index is -0.512. The number of nitrogens with zero attached hydrogens (tertiary/aromatic N) is 3. The van der Waals surface area contributed by atoms with Crippen LogP contribution >= 0.6 is 0 Å². The van der Waals surface area contributed by atoms with Crippen molar-refractivity contribution >= 4 is 10.9 Å². The van der Waals surface area contributed by atoms with E-state index >= 15 is 8.78 Å². The molecule has 6 rings (SSSR count). The van der Waals surface area contributed by atoms with Gasteiger partial charge < -0.3 is 4.74 Å². The van der Waals surface area contributed by atoms with Crippen molar-refractivity contribution in [1.82, 2.24) is 20.0 Å². The summed E-state index contributed by atoms with van der Waals surface area (Å²) in [5.41, 5.74) is 3.24. The van der Waals surface area contributed by atoms with E-state index in [-0.39, 0.29) is 29.4 Å². The third-order valence-corrected chi connectivity index (χ3v) is 8.16. The molecule has 2 aromatic carbocycles. The number of halogens is 2. The van der Waals surface area contributed by atoms with Crippen LogP contribution in [0.1, 0.15) is 61.6 Å². The summed E-state index contributed by atoms with van der Waals surface area (Å²) in [6.07, 6.45) is 7.51. The van der Waals surface area contributed by atoms with Crippen molar-refractivity contribution in [2.75, 3.05) is 26.7 Å². The summed E-state index contributed by atoms with van der Waals surface area (Å²) in [5, 5.41) is 8.27. The van der Waals surface area contributed by atoms with Crippen LogP contribution in [0.5, 0.6) is 5.75 Å². The Morgan fingerprint density at radius 3 is 2.63 bits per heavy atom. The maximum Gasteiger partial charge on any atom is 0.133 e. The van der Waals surface area contributed by atoms with E-state index in [1.54, 1.807) is 0 Å². The van der Waals surface area contributed by atoms with E-state index in [9.17, 15) is 0 Å². The van der Waals surface area contributed by atoms with E-state index in [2.05, 4.69) is 34.0 Å². The van der Waals surface area contributed by atoms with Gasteiger partial charge in [0.15, 0.2) is 0 Å². The topological polar surface area (TPSA) is 44.4 Å². The van der Waals surface area contributed by atoms with Gasteiger partial charge in [0, 0.05) is 54.7 Å². The van der Waals surface area contributed by atoms with E-state index in [1.165, 1.54) is 25.0 Å². The molecule has 35 heavy (non-hydrogen) atoms. The molecule has 5 nitrogen and oxygen atoms in total. The predicted octanol–water partition coefficient (Wildman–Crippen LogP) is 5.45. The average Bonchev–Trinajstić information content (AvgIpc) is 3.49. The summed E-state index contributed by atoms with van der Waals surface area (Å²) < 4.78 is 37.4. The molecule has 0 radical (unpaired) electrons. The standard InChI is InChI=1S/C28H34F2N4O/c1-3-4-9-34-14-19(15-34)35-18-11-23(29)28(24(30)12-18)27-20-7-8-25-21(13-31-32-25)22(20)16-33(2)26(27)10-17-5-6-17/h7-8,11-13,17,19,26-27H,3-6,9-10,14-16H2,1-2H3,(H,31,32)/t26-,27+/m0/s1. The van der Waals surface area contributed by atoms with Crippen LogP contribution in [0.3, 0.4) is 0 Å². The van der Waals surface area contributed by atoms with Gasteiger partial charge in [0.1, 0.15) is 23.5 Å². The van der Waals surface area contributed by atoms with Gasteiger partial charge in [-0.15, -0.1) is 0 Å². The summed E-state index contributed by atoms with van der Waals surface area (Å²) in [5.74, 6) is -0.460. The van der Waals surface area contributed by atoms with Crippen LogP contribution in [0.2, 0.25) is 0 Å². The van der Waals surface area contributed by atoms with Crippen LogP contribution in [0.4, 0.5) is 8.78 Å². The molecule has 3 heterocycles. The molecule has 2 aliphatic heterocycles. The number of rotatable bonds is 8. The van der Waals surface area contributed by atoms with Gasteiger partial charge >= 0.3 is 0 Å². The van der Waals surface area contributed by atoms with Crippen molar-refractivity contribution in [3.8, 4) is 5.75 Å². The minimum absolute atomic E-state index is 0.00460. The van der Waals surface area contributed by atoms with Gasteiger partial charge in [-0.2, -0.15) is 5.10 Å². The Labute approximate surface area is 205 Å². The fourth-order valence-electron chi connectivity index (χ4n) is 6.03. The van der Waals surface area contributed by atoms with E-state index in [0.717, 1.165) is 67.5 Å². The number of hydrogen-bond donors (Lipinski definition) is 1. The first-order valence-corrected chi connectivity index (χ1v) is 13.0. The van der Waals surface area contributed by atoms with Crippen molar-refractivity contribution in [3.05, 3.63) is 58.8 Å². The second-order valence-corrected chi connectivity index (χ2v) is 10.8. The number of H-pyrrole nitrogens is 1. The van der Waals surface area contributed by atoms with Crippen molar-refractivity contribution in [3.63, 3.8) is 0 Å². The first-order valence-electron chi connectivity index (χ1n) is 13.0. The van der Waals surface area contributed by atoms with Crippen LogP contribution in [-0.2, 0) is 6.54 Å². The molecule has 7 heteroatoms. The van der Waals surface area contributed by atoms with Crippen molar-refractivity contribution < 1.29 is 13.5 Å². The summed E-state index contributed by atoms with van der Waals surface area (Å²) in [7, 11) is 2.08. The van der Waals surface area contributed by atoms with Crippen molar-refractivity contribution in [2.24, 2.45) is 5.92 Å². The summed E-state index contributed by atoms with van der Waals surface area (Å²) in [6, 6.07) is 6.87. The van der Waals surface area contributed by atoms with E-state index in [0.29, 0.717) is 5.92 Å². The first-order chi connectivity index (χ1) is 17.0. The number of fused-ring (bicyclic) bond motifs is 3. The number of ether oxygens (including phenoxy) is 1. The predicted molar refractivity (Wildman–Crippen MR) is 133 cm³/mol. The van der Waals surface area contributed by atoms with Gasteiger partial charge in [-0.25, -0.2) is 8.78 Å². The zero-order valence-corrected chi connectivity index (χ0v) is 20.6. The van der Waals surface area contributed by atoms with Gasteiger partial charge in [0.05, 0.1) is 11.7 Å². The first kappa shape index (κ1) is 22.9. The lowest BCUT2D eigenvalue weighted by atomic mass is 9.76. The lowest BCUT2D eigenvalue weighted by Crippen LogP contribution is -2.53. The highest BCUT2D eigenvalue weighted by atomic mass is 19.1. The Morgan fingerprint density at radius 2 is 1.91 bits per heavy atom. The fraction of sp³-hybridized carbons (Fsp3) is 0.536. The highest BCUT2D eigenvalue weighted by Gasteiger charge is 2.41. The van der Waals surface area contributed by atoms with Crippen molar-refractivity contribution in [2.45, 2.75) is 63.6 Å². The Balaban J connectivity index is 1.32. The molecule has 1 aliphatic carbocycles. The molecule has 1 saturated heterocycles. The number of unbranched alkanes of at least 4 members (excludes halogenated alkanes) is 1.